The van der Waals surface area contributed by atoms with E-state index in [-0.39, 0.29) is 5.12 Å². The van der Waals surface area contributed by atoms with Gasteiger partial charge in [-0.3, -0.25) is 4.79 Å². The molecule has 0 saturated heterocycles. The monoisotopic (exact) mass is 146 g/mol. The van der Waals surface area contributed by atoms with Gasteiger partial charge in [-0.25, -0.2) is 0 Å². The Labute approximate surface area is 60.0 Å². The Kier molecular flexibility index (Phi) is 4.40. The minimum atomic E-state index is -0.488. The molecule has 0 bridgehead atoms. The molecule has 1 unspecified atom stereocenters. The van der Waals surface area contributed by atoms with Gasteiger partial charge in [0.05, 0.1) is 5.92 Å². The standard InChI is InChI=1S/C6H10O2S/c1-2-3-5(4-7)6(8)9/h4-5H,2-3H2,1H3,(H,8,9). The smallest absolute Gasteiger partial charge is 0.196 e. The van der Waals surface area contributed by atoms with Gasteiger partial charge in [-0.2, -0.15) is 0 Å². The first-order valence-corrected chi connectivity index (χ1v) is 3.35. The van der Waals surface area contributed by atoms with E-state index >= 15 is 0 Å². The van der Waals surface area contributed by atoms with Crippen LogP contribution in [-0.4, -0.2) is 11.4 Å². The Hall–Kier alpha value is -0.310. The fourth-order valence-electron chi connectivity index (χ4n) is 0.561. The Morgan fingerprint density at radius 1 is 1.78 bits per heavy atom. The zero-order valence-electron chi connectivity index (χ0n) is 5.33. The molecule has 0 fully saturated rings. The normalized spacial score (nSPS) is 12.7. The third-order valence-electron chi connectivity index (χ3n) is 1.08. The summed E-state index contributed by atoms with van der Waals surface area (Å²) in [5.74, 6) is -0.488. The number of carbonyl (C=O) groups excluding carboxylic acids is 2. The maximum Gasteiger partial charge on any atom is 0.196 e. The van der Waals surface area contributed by atoms with Gasteiger partial charge in [0, 0.05) is 0 Å². The number of carbonyl (C=O) groups is 2. The van der Waals surface area contributed by atoms with Crippen molar-refractivity contribution in [3.8, 4) is 0 Å². The van der Waals surface area contributed by atoms with Crippen molar-refractivity contribution in [3.05, 3.63) is 0 Å². The summed E-state index contributed by atoms with van der Waals surface area (Å²) in [7, 11) is 0. The van der Waals surface area contributed by atoms with Crippen molar-refractivity contribution >= 4 is 24.0 Å². The van der Waals surface area contributed by atoms with E-state index in [1.807, 2.05) is 6.92 Å². The van der Waals surface area contributed by atoms with Crippen LogP contribution in [-0.2, 0) is 9.59 Å². The van der Waals surface area contributed by atoms with Crippen LogP contribution in [0, 0.1) is 5.92 Å². The first kappa shape index (κ1) is 8.69. The second-order valence-corrected chi connectivity index (χ2v) is 2.31. The quantitative estimate of drug-likeness (QED) is 0.365. The summed E-state index contributed by atoms with van der Waals surface area (Å²) in [5, 5.41) is -0.327. The number of aldehydes is 1. The van der Waals surface area contributed by atoms with E-state index in [1.54, 1.807) is 0 Å². The number of thiol groups is 1. The molecular formula is C6H10O2S. The molecule has 0 rings (SSSR count). The molecule has 0 aromatic carbocycles. The summed E-state index contributed by atoms with van der Waals surface area (Å²) in [6.45, 7) is 1.92. The minimum Gasteiger partial charge on any atom is -0.303 e. The molecule has 0 spiro atoms. The van der Waals surface area contributed by atoms with Crippen LogP contribution >= 0.6 is 12.6 Å². The second kappa shape index (κ2) is 4.56. The van der Waals surface area contributed by atoms with Gasteiger partial charge in [0.15, 0.2) is 5.12 Å². The van der Waals surface area contributed by atoms with Gasteiger partial charge in [0.25, 0.3) is 0 Å². The van der Waals surface area contributed by atoms with Gasteiger partial charge in [-0.05, 0) is 6.42 Å². The first-order chi connectivity index (χ1) is 4.22. The molecule has 1 atom stereocenters. The van der Waals surface area contributed by atoms with Crippen molar-refractivity contribution in [2.24, 2.45) is 5.92 Å². The lowest BCUT2D eigenvalue weighted by Crippen LogP contribution is -2.09. The molecule has 0 N–H and O–H groups in total. The summed E-state index contributed by atoms with van der Waals surface area (Å²) in [6, 6.07) is 0. The van der Waals surface area contributed by atoms with Crippen LogP contribution in [0.1, 0.15) is 19.8 Å². The Balaban J connectivity index is 3.68. The molecule has 0 saturated carbocycles. The fourth-order valence-corrected chi connectivity index (χ4v) is 0.751. The van der Waals surface area contributed by atoms with Crippen molar-refractivity contribution in [1.29, 1.82) is 0 Å². The maximum atomic E-state index is 10.4. The lowest BCUT2D eigenvalue weighted by Gasteiger charge is -1.99. The Bertz CT molecular complexity index is 112. The third kappa shape index (κ3) is 3.30. The predicted molar refractivity (Wildman–Crippen MR) is 38.5 cm³/mol. The molecule has 52 valence electrons. The molecule has 0 aliphatic carbocycles. The molecule has 2 nitrogen and oxygen atoms in total. The summed E-state index contributed by atoms with van der Waals surface area (Å²) in [6.07, 6.45) is 2.11. The SMILES string of the molecule is CCCC(C=O)C(=O)S. The molecular weight excluding hydrogens is 136 g/mol. The van der Waals surface area contributed by atoms with E-state index in [0.29, 0.717) is 12.7 Å². The van der Waals surface area contributed by atoms with Crippen molar-refractivity contribution in [3.63, 3.8) is 0 Å². The van der Waals surface area contributed by atoms with E-state index < -0.39 is 5.92 Å². The van der Waals surface area contributed by atoms with E-state index in [9.17, 15) is 9.59 Å². The van der Waals surface area contributed by atoms with E-state index in [1.165, 1.54) is 0 Å². The van der Waals surface area contributed by atoms with Crippen LogP contribution < -0.4 is 0 Å². The second-order valence-electron chi connectivity index (χ2n) is 1.87. The van der Waals surface area contributed by atoms with Gasteiger partial charge in [0.2, 0.25) is 0 Å². The molecule has 0 aliphatic rings. The van der Waals surface area contributed by atoms with Crippen LogP contribution in [0.25, 0.3) is 0 Å². The number of hydrogen-bond donors (Lipinski definition) is 1. The Morgan fingerprint density at radius 2 is 2.33 bits per heavy atom. The van der Waals surface area contributed by atoms with E-state index in [0.717, 1.165) is 6.42 Å². The zero-order chi connectivity index (χ0) is 7.28. The molecule has 0 aromatic heterocycles. The van der Waals surface area contributed by atoms with Gasteiger partial charge in [-0.1, -0.05) is 13.3 Å². The lowest BCUT2D eigenvalue weighted by molar-refractivity contribution is -0.121. The fraction of sp³-hybridized carbons (Fsp3) is 0.667. The van der Waals surface area contributed by atoms with Crippen molar-refractivity contribution in [1.82, 2.24) is 0 Å². The molecule has 9 heavy (non-hydrogen) atoms. The van der Waals surface area contributed by atoms with Gasteiger partial charge >= 0.3 is 0 Å². The van der Waals surface area contributed by atoms with Crippen LogP contribution in [0.3, 0.4) is 0 Å². The number of hydrogen-bond acceptors (Lipinski definition) is 2. The van der Waals surface area contributed by atoms with Crippen LogP contribution in [0.15, 0.2) is 0 Å². The van der Waals surface area contributed by atoms with Crippen LogP contribution in [0.4, 0.5) is 0 Å². The van der Waals surface area contributed by atoms with Crippen molar-refractivity contribution < 1.29 is 9.59 Å². The van der Waals surface area contributed by atoms with Crippen LogP contribution in [0.5, 0.6) is 0 Å². The molecule has 0 amide bonds. The third-order valence-corrected chi connectivity index (χ3v) is 1.41. The minimum absolute atomic E-state index is 0.327. The molecule has 3 heteroatoms. The maximum absolute atomic E-state index is 10.4. The van der Waals surface area contributed by atoms with Gasteiger partial charge in [-0.15, -0.1) is 12.6 Å². The topological polar surface area (TPSA) is 34.1 Å². The summed E-state index contributed by atoms with van der Waals surface area (Å²) in [5.41, 5.74) is 0. The van der Waals surface area contributed by atoms with E-state index in [4.69, 9.17) is 0 Å². The van der Waals surface area contributed by atoms with Gasteiger partial charge < -0.3 is 4.79 Å². The molecule has 0 radical (unpaired) electrons. The van der Waals surface area contributed by atoms with Crippen LogP contribution in [0.2, 0.25) is 0 Å². The number of rotatable bonds is 4. The highest BCUT2D eigenvalue weighted by Crippen LogP contribution is 2.05. The van der Waals surface area contributed by atoms with Crippen molar-refractivity contribution in [2.75, 3.05) is 0 Å². The van der Waals surface area contributed by atoms with Gasteiger partial charge in [0.1, 0.15) is 6.29 Å². The predicted octanol–water partition coefficient (Wildman–Crippen LogP) is 1.06. The molecule has 0 aromatic rings. The molecule has 0 heterocycles. The largest absolute Gasteiger partial charge is 0.303 e. The highest BCUT2D eigenvalue weighted by molar-refractivity contribution is 7.96. The summed E-state index contributed by atoms with van der Waals surface area (Å²) >= 11 is 3.54. The first-order valence-electron chi connectivity index (χ1n) is 2.90. The highest BCUT2D eigenvalue weighted by Gasteiger charge is 2.11. The average Bonchev–Trinajstić information content (AvgIpc) is 1.82. The highest BCUT2D eigenvalue weighted by atomic mass is 32.1. The Morgan fingerprint density at radius 3 is 2.44 bits per heavy atom. The van der Waals surface area contributed by atoms with E-state index in [2.05, 4.69) is 12.6 Å². The average molecular weight is 146 g/mol. The van der Waals surface area contributed by atoms with Crippen molar-refractivity contribution in [2.45, 2.75) is 19.8 Å². The summed E-state index contributed by atoms with van der Waals surface area (Å²) < 4.78 is 0. The lowest BCUT2D eigenvalue weighted by atomic mass is 10.1. The summed E-state index contributed by atoms with van der Waals surface area (Å²) in [4.78, 5) is 20.5. The zero-order valence-corrected chi connectivity index (χ0v) is 6.23. The molecule has 0 aliphatic heterocycles.